The van der Waals surface area contributed by atoms with Gasteiger partial charge in [0.1, 0.15) is 6.61 Å². The summed E-state index contributed by atoms with van der Waals surface area (Å²) in [5, 5.41) is 0. The molecule has 1 aliphatic heterocycles. The maximum atomic E-state index is 11.5. The van der Waals surface area contributed by atoms with Gasteiger partial charge in [-0.05, 0) is 6.42 Å². The van der Waals surface area contributed by atoms with Crippen molar-refractivity contribution in [1.29, 1.82) is 0 Å². The second-order valence-electron chi connectivity index (χ2n) is 3.87. The van der Waals surface area contributed by atoms with Crippen molar-refractivity contribution >= 4 is 12.6 Å². The molecule has 0 aromatic rings. The molecular weight excluding hydrogens is 224 g/mol. The minimum absolute atomic E-state index is 0.232. The van der Waals surface area contributed by atoms with E-state index in [2.05, 4.69) is 9.64 Å². The van der Waals surface area contributed by atoms with E-state index in [1.165, 1.54) is 6.47 Å². The standard InChI is InChI=1S/C11H19N2O4/c1-2-8-17-11(15)13-5-3-12(4-6-13)7-9-16-10-14/h2-9H2,1H3. The van der Waals surface area contributed by atoms with Crippen LogP contribution >= 0.6 is 0 Å². The molecule has 0 atom stereocenters. The Morgan fingerprint density at radius 3 is 2.53 bits per heavy atom. The number of ether oxygens (including phenoxy) is 2. The van der Waals surface area contributed by atoms with E-state index < -0.39 is 0 Å². The van der Waals surface area contributed by atoms with Crippen molar-refractivity contribution in [3.63, 3.8) is 0 Å². The first-order chi connectivity index (χ1) is 8.27. The van der Waals surface area contributed by atoms with E-state index in [4.69, 9.17) is 4.74 Å². The molecule has 1 aliphatic rings. The van der Waals surface area contributed by atoms with E-state index in [9.17, 15) is 9.59 Å². The van der Waals surface area contributed by atoms with E-state index in [1.807, 2.05) is 6.92 Å². The first kappa shape index (κ1) is 13.8. The Bertz CT molecular complexity index is 240. The number of carbonyl (C=O) groups is 1. The molecule has 0 unspecified atom stereocenters. The third-order valence-electron chi connectivity index (χ3n) is 2.63. The van der Waals surface area contributed by atoms with Crippen LogP contribution in [-0.4, -0.2) is 68.3 Å². The van der Waals surface area contributed by atoms with E-state index in [0.29, 0.717) is 32.8 Å². The summed E-state index contributed by atoms with van der Waals surface area (Å²) in [4.78, 5) is 25.2. The second-order valence-corrected chi connectivity index (χ2v) is 3.87. The van der Waals surface area contributed by atoms with Gasteiger partial charge in [0.15, 0.2) is 0 Å². The zero-order valence-corrected chi connectivity index (χ0v) is 10.2. The molecule has 17 heavy (non-hydrogen) atoms. The number of amides is 1. The maximum absolute atomic E-state index is 11.5. The van der Waals surface area contributed by atoms with Crippen molar-refractivity contribution in [2.75, 3.05) is 45.9 Å². The molecule has 0 aromatic heterocycles. The highest BCUT2D eigenvalue weighted by atomic mass is 16.6. The zero-order chi connectivity index (χ0) is 12.5. The number of nitrogens with zero attached hydrogens (tertiary/aromatic N) is 2. The van der Waals surface area contributed by atoms with E-state index in [0.717, 1.165) is 19.5 Å². The molecule has 0 aliphatic carbocycles. The van der Waals surface area contributed by atoms with Gasteiger partial charge in [0, 0.05) is 32.7 Å². The van der Waals surface area contributed by atoms with Gasteiger partial charge in [-0.1, -0.05) is 6.92 Å². The van der Waals surface area contributed by atoms with Gasteiger partial charge in [0.2, 0.25) is 0 Å². The third kappa shape index (κ3) is 5.04. The highest BCUT2D eigenvalue weighted by molar-refractivity contribution is 5.67. The summed E-state index contributed by atoms with van der Waals surface area (Å²) < 4.78 is 9.57. The molecule has 1 radical (unpaired) electrons. The largest absolute Gasteiger partial charge is 0.456 e. The average molecular weight is 243 g/mol. The van der Waals surface area contributed by atoms with Crippen LogP contribution in [0.1, 0.15) is 13.3 Å². The van der Waals surface area contributed by atoms with Gasteiger partial charge in [-0.15, -0.1) is 0 Å². The summed E-state index contributed by atoms with van der Waals surface area (Å²) in [5.41, 5.74) is 0. The molecule has 0 N–H and O–H groups in total. The summed E-state index contributed by atoms with van der Waals surface area (Å²) in [6.45, 7) is 7.76. The van der Waals surface area contributed by atoms with Crippen LogP contribution in [-0.2, 0) is 14.3 Å². The van der Waals surface area contributed by atoms with Gasteiger partial charge in [-0.2, -0.15) is 0 Å². The Balaban J connectivity index is 2.16. The predicted molar refractivity (Wildman–Crippen MR) is 61.3 cm³/mol. The molecule has 0 bridgehead atoms. The first-order valence-electron chi connectivity index (χ1n) is 5.91. The van der Waals surface area contributed by atoms with Gasteiger partial charge >= 0.3 is 12.6 Å². The number of rotatable bonds is 6. The quantitative estimate of drug-likeness (QED) is 0.625. The molecule has 1 fully saturated rings. The van der Waals surface area contributed by atoms with Crippen molar-refractivity contribution < 1.29 is 19.1 Å². The van der Waals surface area contributed by atoms with Crippen LogP contribution in [0.3, 0.4) is 0 Å². The molecule has 1 amide bonds. The van der Waals surface area contributed by atoms with Crippen molar-refractivity contribution in [1.82, 2.24) is 9.80 Å². The van der Waals surface area contributed by atoms with E-state index in [1.54, 1.807) is 4.90 Å². The fourth-order valence-electron chi connectivity index (χ4n) is 1.65. The number of piperazine rings is 1. The lowest BCUT2D eigenvalue weighted by Crippen LogP contribution is -2.49. The Morgan fingerprint density at radius 1 is 1.24 bits per heavy atom. The lowest BCUT2D eigenvalue weighted by molar-refractivity contribution is 0.0720. The van der Waals surface area contributed by atoms with Crippen LogP contribution in [0, 0.1) is 0 Å². The molecule has 1 saturated heterocycles. The van der Waals surface area contributed by atoms with Crippen LogP contribution in [0.4, 0.5) is 4.79 Å². The molecule has 0 spiro atoms. The molecule has 1 rings (SSSR count). The maximum Gasteiger partial charge on any atom is 0.417 e. The third-order valence-corrected chi connectivity index (χ3v) is 2.63. The summed E-state index contributed by atoms with van der Waals surface area (Å²) in [6.07, 6.45) is 0.606. The lowest BCUT2D eigenvalue weighted by Gasteiger charge is -2.33. The molecule has 97 valence electrons. The Morgan fingerprint density at radius 2 is 1.94 bits per heavy atom. The van der Waals surface area contributed by atoms with Crippen molar-refractivity contribution in [3.8, 4) is 0 Å². The van der Waals surface area contributed by atoms with Crippen molar-refractivity contribution in [2.45, 2.75) is 13.3 Å². The van der Waals surface area contributed by atoms with E-state index >= 15 is 0 Å². The Hall–Kier alpha value is -1.30. The molecule has 1 heterocycles. The Labute approximate surface area is 101 Å². The van der Waals surface area contributed by atoms with Gasteiger partial charge in [0.05, 0.1) is 6.61 Å². The van der Waals surface area contributed by atoms with Gasteiger partial charge < -0.3 is 14.4 Å². The smallest absolute Gasteiger partial charge is 0.417 e. The lowest BCUT2D eigenvalue weighted by atomic mass is 10.3. The zero-order valence-electron chi connectivity index (χ0n) is 10.2. The van der Waals surface area contributed by atoms with Crippen LogP contribution in [0.25, 0.3) is 0 Å². The van der Waals surface area contributed by atoms with Gasteiger partial charge in [-0.3, -0.25) is 4.90 Å². The predicted octanol–water partition coefficient (Wildman–Crippen LogP) is 0.234. The number of carbonyl (C=O) groups excluding carboxylic acids is 2. The molecule has 0 aromatic carbocycles. The van der Waals surface area contributed by atoms with Crippen LogP contribution in [0.5, 0.6) is 0 Å². The molecule has 0 saturated carbocycles. The van der Waals surface area contributed by atoms with Gasteiger partial charge in [-0.25, -0.2) is 9.59 Å². The summed E-state index contributed by atoms with van der Waals surface area (Å²) >= 11 is 0. The van der Waals surface area contributed by atoms with Crippen LogP contribution < -0.4 is 0 Å². The summed E-state index contributed by atoms with van der Waals surface area (Å²) in [7, 11) is 0. The monoisotopic (exact) mass is 243 g/mol. The first-order valence-corrected chi connectivity index (χ1v) is 5.91. The van der Waals surface area contributed by atoms with Crippen molar-refractivity contribution in [3.05, 3.63) is 0 Å². The Kier molecular flexibility index (Phi) is 6.39. The normalized spacial score (nSPS) is 16.6. The average Bonchev–Trinajstić information content (AvgIpc) is 2.37. The summed E-state index contributed by atoms with van der Waals surface area (Å²) in [5.74, 6) is 0. The number of hydrogen-bond acceptors (Lipinski definition) is 5. The highest BCUT2D eigenvalue weighted by Gasteiger charge is 2.21. The van der Waals surface area contributed by atoms with Gasteiger partial charge in [0.25, 0.3) is 0 Å². The molecule has 6 nitrogen and oxygen atoms in total. The SMILES string of the molecule is CCCOC(=O)N1CCN(CCO[C]=O)CC1. The molecular formula is C11H19N2O4. The molecule has 6 heteroatoms. The summed E-state index contributed by atoms with van der Waals surface area (Å²) in [6, 6.07) is 0. The topological polar surface area (TPSA) is 59.1 Å². The van der Waals surface area contributed by atoms with Crippen molar-refractivity contribution in [2.24, 2.45) is 0 Å². The minimum atomic E-state index is -0.232. The fraction of sp³-hybridized carbons (Fsp3) is 0.818. The second kappa shape index (κ2) is 7.89. The number of hydrogen-bond donors (Lipinski definition) is 0. The van der Waals surface area contributed by atoms with Crippen LogP contribution in [0.15, 0.2) is 0 Å². The van der Waals surface area contributed by atoms with Crippen LogP contribution in [0.2, 0.25) is 0 Å². The minimum Gasteiger partial charge on any atom is -0.456 e. The van der Waals surface area contributed by atoms with E-state index in [-0.39, 0.29) is 6.09 Å². The highest BCUT2D eigenvalue weighted by Crippen LogP contribution is 2.03. The fourth-order valence-corrected chi connectivity index (χ4v) is 1.65.